The van der Waals surface area contributed by atoms with Gasteiger partial charge in [0.05, 0.1) is 6.20 Å². The van der Waals surface area contributed by atoms with Crippen LogP contribution >= 0.6 is 0 Å². The highest BCUT2D eigenvalue weighted by Gasteiger charge is 2.34. The largest absolute Gasteiger partial charge is 0.321 e. The molecular weight excluding hydrogens is 410 g/mol. The van der Waals surface area contributed by atoms with Crippen molar-refractivity contribution in [1.29, 1.82) is 0 Å². The maximum atomic E-state index is 6.55. The lowest BCUT2D eigenvalue weighted by atomic mass is 9.73. The Morgan fingerprint density at radius 2 is 1.70 bits per heavy atom. The van der Waals surface area contributed by atoms with Crippen molar-refractivity contribution in [2.75, 3.05) is 0 Å². The Labute approximate surface area is 191 Å². The molecule has 1 saturated carbocycles. The molecule has 0 aliphatic heterocycles. The smallest absolute Gasteiger partial charge is 0.169 e. The fourth-order valence-corrected chi connectivity index (χ4v) is 4.51. The van der Waals surface area contributed by atoms with Gasteiger partial charge >= 0.3 is 0 Å². The standard InChI is InChI=1S/C26H25N7/c1-17-4-6-18(7-5-17)23-28-16-21-24(31-23)33(25(30-21)22-12-15-29-32(22)2)20-10-8-19(9-11-20)26(27)13-3-14-26/h4-12,15-16H,3,13-14,27H2,1-2H3. The van der Waals surface area contributed by atoms with E-state index in [-0.39, 0.29) is 5.54 Å². The summed E-state index contributed by atoms with van der Waals surface area (Å²) in [5.74, 6) is 1.45. The number of benzene rings is 2. The molecule has 0 bridgehead atoms. The van der Waals surface area contributed by atoms with Crippen LogP contribution in [-0.4, -0.2) is 29.3 Å². The third-order valence-corrected chi connectivity index (χ3v) is 6.71. The monoisotopic (exact) mass is 435 g/mol. The molecule has 0 atom stereocenters. The van der Waals surface area contributed by atoms with E-state index in [1.807, 2.05) is 29.9 Å². The highest BCUT2D eigenvalue weighted by molar-refractivity contribution is 5.80. The van der Waals surface area contributed by atoms with Gasteiger partial charge in [0.2, 0.25) is 0 Å². The average Bonchev–Trinajstić information content (AvgIpc) is 3.40. The van der Waals surface area contributed by atoms with Gasteiger partial charge in [-0.2, -0.15) is 5.10 Å². The summed E-state index contributed by atoms with van der Waals surface area (Å²) < 4.78 is 3.91. The fourth-order valence-electron chi connectivity index (χ4n) is 4.51. The van der Waals surface area contributed by atoms with Gasteiger partial charge in [0, 0.05) is 30.0 Å². The van der Waals surface area contributed by atoms with Crippen LogP contribution in [0.3, 0.4) is 0 Å². The van der Waals surface area contributed by atoms with Crippen LogP contribution < -0.4 is 5.73 Å². The van der Waals surface area contributed by atoms with Crippen molar-refractivity contribution >= 4 is 11.2 Å². The normalized spacial score (nSPS) is 15.0. The molecule has 7 nitrogen and oxygen atoms in total. The van der Waals surface area contributed by atoms with Crippen LogP contribution in [0.2, 0.25) is 0 Å². The second-order valence-electron chi connectivity index (χ2n) is 8.94. The molecule has 0 amide bonds. The second kappa shape index (κ2) is 7.35. The Bertz CT molecular complexity index is 1460. The lowest BCUT2D eigenvalue weighted by molar-refractivity contribution is 0.253. The maximum Gasteiger partial charge on any atom is 0.169 e. The Kier molecular flexibility index (Phi) is 4.41. The van der Waals surface area contributed by atoms with E-state index < -0.39 is 0 Å². The number of aromatic nitrogens is 6. The zero-order valence-corrected chi connectivity index (χ0v) is 18.7. The minimum absolute atomic E-state index is 0.193. The minimum atomic E-state index is -0.193. The third-order valence-electron chi connectivity index (χ3n) is 6.71. The summed E-state index contributed by atoms with van der Waals surface area (Å²) >= 11 is 0. The van der Waals surface area contributed by atoms with E-state index in [0.717, 1.165) is 46.8 Å². The van der Waals surface area contributed by atoms with Crippen molar-refractivity contribution in [3.8, 4) is 28.6 Å². The molecule has 1 fully saturated rings. The number of imidazole rings is 1. The molecule has 1 aliphatic rings. The summed E-state index contributed by atoms with van der Waals surface area (Å²) in [6, 6.07) is 18.7. The Balaban J connectivity index is 1.55. The number of rotatable bonds is 4. The molecule has 0 spiro atoms. The van der Waals surface area contributed by atoms with E-state index in [9.17, 15) is 0 Å². The Hall–Kier alpha value is -3.84. The van der Waals surface area contributed by atoms with Crippen molar-refractivity contribution < 1.29 is 0 Å². The van der Waals surface area contributed by atoms with E-state index in [1.54, 1.807) is 12.4 Å². The number of aryl methyl sites for hydroxylation is 2. The first-order valence-corrected chi connectivity index (χ1v) is 11.2. The molecule has 5 aromatic rings. The Morgan fingerprint density at radius 1 is 0.939 bits per heavy atom. The molecule has 2 aromatic carbocycles. The lowest BCUT2D eigenvalue weighted by Gasteiger charge is -2.38. The summed E-state index contributed by atoms with van der Waals surface area (Å²) in [5.41, 5.74) is 13.1. The van der Waals surface area contributed by atoms with Crippen molar-refractivity contribution in [1.82, 2.24) is 29.3 Å². The molecule has 33 heavy (non-hydrogen) atoms. The van der Waals surface area contributed by atoms with Gasteiger partial charge in [-0.25, -0.2) is 15.0 Å². The first-order chi connectivity index (χ1) is 16.0. The SMILES string of the molecule is Cc1ccc(-c2ncc3nc(-c4ccnn4C)n(-c4ccc(C5(N)CCC5)cc4)c3n2)cc1. The van der Waals surface area contributed by atoms with Gasteiger partial charge in [-0.15, -0.1) is 0 Å². The fraction of sp³-hybridized carbons (Fsp3) is 0.231. The van der Waals surface area contributed by atoms with Crippen LogP contribution in [0.25, 0.3) is 39.8 Å². The molecule has 0 unspecified atom stereocenters. The second-order valence-corrected chi connectivity index (χ2v) is 8.94. The number of hydrogen-bond donors (Lipinski definition) is 1. The van der Waals surface area contributed by atoms with Gasteiger partial charge in [0.1, 0.15) is 11.2 Å². The van der Waals surface area contributed by atoms with E-state index in [0.29, 0.717) is 5.82 Å². The summed E-state index contributed by atoms with van der Waals surface area (Å²) in [4.78, 5) is 14.4. The molecule has 2 N–H and O–H groups in total. The van der Waals surface area contributed by atoms with Crippen molar-refractivity contribution in [2.24, 2.45) is 12.8 Å². The van der Waals surface area contributed by atoms with Gasteiger partial charge < -0.3 is 5.73 Å². The van der Waals surface area contributed by atoms with Gasteiger partial charge in [0.25, 0.3) is 0 Å². The molecule has 0 radical (unpaired) electrons. The van der Waals surface area contributed by atoms with E-state index in [4.69, 9.17) is 15.7 Å². The Morgan fingerprint density at radius 3 is 2.33 bits per heavy atom. The van der Waals surface area contributed by atoms with Gasteiger partial charge in [-0.05, 0) is 49.9 Å². The van der Waals surface area contributed by atoms with Crippen LogP contribution in [0.15, 0.2) is 67.0 Å². The first kappa shape index (κ1) is 19.8. The van der Waals surface area contributed by atoms with Crippen LogP contribution in [0.4, 0.5) is 0 Å². The minimum Gasteiger partial charge on any atom is -0.321 e. The number of fused-ring (bicyclic) bond motifs is 1. The average molecular weight is 436 g/mol. The summed E-state index contributed by atoms with van der Waals surface area (Å²) in [7, 11) is 1.92. The van der Waals surface area contributed by atoms with Crippen LogP contribution in [0, 0.1) is 6.92 Å². The van der Waals surface area contributed by atoms with E-state index in [2.05, 4.69) is 58.0 Å². The number of nitrogens with two attached hydrogens (primary N) is 1. The molecule has 3 aromatic heterocycles. The van der Waals surface area contributed by atoms with Crippen LogP contribution in [0.5, 0.6) is 0 Å². The predicted octanol–water partition coefficient (Wildman–Crippen LogP) is 4.53. The zero-order valence-electron chi connectivity index (χ0n) is 18.7. The van der Waals surface area contributed by atoms with E-state index in [1.165, 1.54) is 17.5 Å². The molecule has 3 heterocycles. The van der Waals surface area contributed by atoms with Crippen molar-refractivity contribution in [3.63, 3.8) is 0 Å². The molecule has 6 rings (SSSR count). The van der Waals surface area contributed by atoms with Crippen LogP contribution in [-0.2, 0) is 12.6 Å². The molecule has 164 valence electrons. The van der Waals surface area contributed by atoms with Crippen molar-refractivity contribution in [3.05, 3.63) is 78.1 Å². The van der Waals surface area contributed by atoms with Crippen LogP contribution in [0.1, 0.15) is 30.4 Å². The lowest BCUT2D eigenvalue weighted by Crippen LogP contribution is -2.43. The number of hydrogen-bond acceptors (Lipinski definition) is 5. The highest BCUT2D eigenvalue weighted by Crippen LogP contribution is 2.39. The van der Waals surface area contributed by atoms with Gasteiger partial charge in [-0.3, -0.25) is 9.25 Å². The number of nitrogens with zero attached hydrogens (tertiary/aromatic N) is 6. The van der Waals surface area contributed by atoms with E-state index >= 15 is 0 Å². The summed E-state index contributed by atoms with van der Waals surface area (Å²) in [6.45, 7) is 2.07. The highest BCUT2D eigenvalue weighted by atomic mass is 15.3. The molecular formula is C26H25N7. The first-order valence-electron chi connectivity index (χ1n) is 11.2. The maximum absolute atomic E-state index is 6.55. The molecule has 1 aliphatic carbocycles. The molecule has 7 heteroatoms. The third kappa shape index (κ3) is 3.24. The summed E-state index contributed by atoms with van der Waals surface area (Å²) in [5, 5.41) is 4.35. The topological polar surface area (TPSA) is 87.4 Å². The summed E-state index contributed by atoms with van der Waals surface area (Å²) in [6.07, 6.45) is 6.83. The molecule has 0 saturated heterocycles. The van der Waals surface area contributed by atoms with Gasteiger partial charge in [0.15, 0.2) is 17.3 Å². The van der Waals surface area contributed by atoms with Crippen molar-refractivity contribution in [2.45, 2.75) is 31.7 Å². The predicted molar refractivity (Wildman–Crippen MR) is 129 cm³/mol. The van der Waals surface area contributed by atoms with Gasteiger partial charge in [-0.1, -0.05) is 42.0 Å². The zero-order chi connectivity index (χ0) is 22.6. The quantitative estimate of drug-likeness (QED) is 0.448.